The van der Waals surface area contributed by atoms with Gasteiger partial charge in [-0.05, 0) is 24.0 Å². The summed E-state index contributed by atoms with van der Waals surface area (Å²) in [5.41, 5.74) is 1.66. The molecular formula is C16H23BrN2O2. The van der Waals surface area contributed by atoms with Gasteiger partial charge in [-0.15, -0.1) is 0 Å². The van der Waals surface area contributed by atoms with Crippen molar-refractivity contribution in [2.24, 2.45) is 5.41 Å². The number of carbonyl (C=O) groups excluding carboxylic acids is 2. The molecule has 0 saturated carbocycles. The summed E-state index contributed by atoms with van der Waals surface area (Å²) in [7, 11) is 0. The van der Waals surface area contributed by atoms with Crippen LogP contribution in [0.5, 0.6) is 0 Å². The molecule has 1 aromatic rings. The maximum Gasteiger partial charge on any atom is 0.234 e. The molecule has 0 aliphatic heterocycles. The van der Waals surface area contributed by atoms with Crippen molar-refractivity contribution in [1.82, 2.24) is 5.32 Å². The molecule has 0 aliphatic carbocycles. The second-order valence-electron chi connectivity index (χ2n) is 6.13. The highest BCUT2D eigenvalue weighted by molar-refractivity contribution is 9.10. The molecule has 0 fully saturated rings. The van der Waals surface area contributed by atoms with Gasteiger partial charge in [0.25, 0.3) is 0 Å². The van der Waals surface area contributed by atoms with E-state index in [0.717, 1.165) is 11.3 Å². The van der Waals surface area contributed by atoms with Gasteiger partial charge in [0.05, 0.1) is 4.83 Å². The van der Waals surface area contributed by atoms with Crippen LogP contribution in [0.4, 0.5) is 5.69 Å². The zero-order valence-corrected chi connectivity index (χ0v) is 14.6. The van der Waals surface area contributed by atoms with Gasteiger partial charge in [0.1, 0.15) is 0 Å². The average Bonchev–Trinajstić information content (AvgIpc) is 2.39. The summed E-state index contributed by atoms with van der Waals surface area (Å²) >= 11 is 3.38. The number of rotatable bonds is 5. The molecule has 0 bridgehead atoms. The van der Waals surface area contributed by atoms with Crippen molar-refractivity contribution in [3.63, 3.8) is 0 Å². The van der Waals surface area contributed by atoms with E-state index in [1.807, 2.05) is 52.0 Å². The van der Waals surface area contributed by atoms with Crippen LogP contribution in [0, 0.1) is 12.3 Å². The summed E-state index contributed by atoms with van der Waals surface area (Å²) in [6.07, 6.45) is 0.254. The fourth-order valence-corrected chi connectivity index (χ4v) is 1.87. The molecular weight excluding hydrogens is 332 g/mol. The van der Waals surface area contributed by atoms with Gasteiger partial charge < -0.3 is 10.6 Å². The molecule has 1 aromatic carbocycles. The molecule has 4 nitrogen and oxygen atoms in total. The highest BCUT2D eigenvalue weighted by Crippen LogP contribution is 2.25. The first-order valence-electron chi connectivity index (χ1n) is 6.99. The third kappa shape index (κ3) is 5.87. The molecule has 1 atom stereocenters. The Labute approximate surface area is 134 Å². The Balaban J connectivity index is 2.38. The summed E-state index contributed by atoms with van der Waals surface area (Å²) in [6.45, 7) is 8.22. The fraction of sp³-hybridized carbons (Fsp3) is 0.500. The summed E-state index contributed by atoms with van der Waals surface area (Å²) in [6, 6.07) is 7.60. The SMILES string of the molecule is Cc1ccccc1NC(=O)CCNC(=O)[C@H](Br)C(C)(C)C. The number of anilines is 1. The van der Waals surface area contributed by atoms with E-state index in [-0.39, 0.29) is 28.5 Å². The lowest BCUT2D eigenvalue weighted by atomic mass is 9.92. The van der Waals surface area contributed by atoms with Crippen molar-refractivity contribution >= 4 is 33.4 Å². The van der Waals surface area contributed by atoms with Gasteiger partial charge in [0, 0.05) is 18.7 Å². The highest BCUT2D eigenvalue weighted by atomic mass is 79.9. The summed E-state index contributed by atoms with van der Waals surface area (Å²) in [5, 5.41) is 5.62. The smallest absolute Gasteiger partial charge is 0.234 e. The molecule has 0 aromatic heterocycles. The second kappa shape index (κ2) is 7.59. The predicted octanol–water partition coefficient (Wildman–Crippen LogP) is 3.25. The van der Waals surface area contributed by atoms with Crippen LogP contribution in [0.1, 0.15) is 32.8 Å². The Morgan fingerprint density at radius 1 is 1.24 bits per heavy atom. The second-order valence-corrected chi connectivity index (χ2v) is 7.05. The first-order valence-corrected chi connectivity index (χ1v) is 7.90. The lowest BCUT2D eigenvalue weighted by Gasteiger charge is -2.24. The van der Waals surface area contributed by atoms with E-state index in [0.29, 0.717) is 6.54 Å². The van der Waals surface area contributed by atoms with Crippen LogP contribution in [-0.4, -0.2) is 23.2 Å². The van der Waals surface area contributed by atoms with E-state index in [2.05, 4.69) is 26.6 Å². The van der Waals surface area contributed by atoms with Gasteiger partial charge in [-0.1, -0.05) is 54.9 Å². The maximum atomic E-state index is 11.9. The topological polar surface area (TPSA) is 58.2 Å². The Morgan fingerprint density at radius 3 is 2.43 bits per heavy atom. The monoisotopic (exact) mass is 354 g/mol. The Bertz CT molecular complexity index is 509. The van der Waals surface area contributed by atoms with Crippen molar-refractivity contribution in [2.75, 3.05) is 11.9 Å². The molecule has 0 spiro atoms. The number of hydrogen-bond donors (Lipinski definition) is 2. The molecule has 5 heteroatoms. The summed E-state index contributed by atoms with van der Waals surface area (Å²) in [4.78, 5) is 23.5. The van der Waals surface area contributed by atoms with Crippen molar-refractivity contribution in [2.45, 2.75) is 38.9 Å². The molecule has 0 unspecified atom stereocenters. The lowest BCUT2D eigenvalue weighted by Crippen LogP contribution is -2.39. The van der Waals surface area contributed by atoms with Gasteiger partial charge in [-0.2, -0.15) is 0 Å². The van der Waals surface area contributed by atoms with Gasteiger partial charge >= 0.3 is 0 Å². The quantitative estimate of drug-likeness (QED) is 0.797. The molecule has 116 valence electrons. The number of nitrogens with one attached hydrogen (secondary N) is 2. The van der Waals surface area contributed by atoms with Crippen LogP contribution in [0.25, 0.3) is 0 Å². The largest absolute Gasteiger partial charge is 0.355 e. The molecule has 0 aliphatic rings. The van der Waals surface area contributed by atoms with Crippen LogP contribution in [-0.2, 0) is 9.59 Å². The van der Waals surface area contributed by atoms with E-state index in [9.17, 15) is 9.59 Å². The maximum absolute atomic E-state index is 11.9. The molecule has 0 saturated heterocycles. The van der Waals surface area contributed by atoms with E-state index in [1.165, 1.54) is 0 Å². The van der Waals surface area contributed by atoms with Crippen LogP contribution < -0.4 is 10.6 Å². The molecule has 2 amide bonds. The minimum Gasteiger partial charge on any atom is -0.355 e. The van der Waals surface area contributed by atoms with E-state index < -0.39 is 0 Å². The zero-order chi connectivity index (χ0) is 16.0. The molecule has 1 rings (SSSR count). The third-order valence-corrected chi connectivity index (χ3v) is 4.85. The lowest BCUT2D eigenvalue weighted by molar-refractivity contribution is -0.122. The number of alkyl halides is 1. The summed E-state index contributed by atoms with van der Waals surface area (Å²) in [5.74, 6) is -0.197. The first kappa shape index (κ1) is 17.7. The van der Waals surface area contributed by atoms with Gasteiger partial charge in [-0.3, -0.25) is 9.59 Å². The minimum atomic E-state index is -0.274. The normalized spacial score (nSPS) is 12.6. The van der Waals surface area contributed by atoms with E-state index >= 15 is 0 Å². The van der Waals surface area contributed by atoms with Gasteiger partial charge in [0.2, 0.25) is 11.8 Å². The Morgan fingerprint density at radius 2 is 1.86 bits per heavy atom. The molecule has 0 heterocycles. The molecule has 21 heavy (non-hydrogen) atoms. The van der Waals surface area contributed by atoms with Gasteiger partial charge in [0.15, 0.2) is 0 Å². The van der Waals surface area contributed by atoms with Crippen molar-refractivity contribution in [1.29, 1.82) is 0 Å². The summed E-state index contributed by atoms with van der Waals surface area (Å²) < 4.78 is 0. The van der Waals surface area contributed by atoms with Crippen LogP contribution in [0.15, 0.2) is 24.3 Å². The first-order chi connectivity index (χ1) is 9.71. The standard InChI is InChI=1S/C16H23BrN2O2/c1-11-7-5-6-8-12(11)19-13(20)9-10-18-15(21)14(17)16(2,3)4/h5-8,14H,9-10H2,1-4H3,(H,18,21)(H,19,20)/t14-/m0/s1. The van der Waals surface area contributed by atoms with Crippen LogP contribution >= 0.6 is 15.9 Å². The number of amides is 2. The number of halogens is 1. The highest BCUT2D eigenvalue weighted by Gasteiger charge is 2.28. The predicted molar refractivity (Wildman–Crippen MR) is 89.6 cm³/mol. The van der Waals surface area contributed by atoms with Crippen LogP contribution in [0.3, 0.4) is 0 Å². The molecule has 2 N–H and O–H groups in total. The van der Waals surface area contributed by atoms with E-state index in [1.54, 1.807) is 0 Å². The number of carbonyl (C=O) groups is 2. The van der Waals surface area contributed by atoms with Crippen LogP contribution in [0.2, 0.25) is 0 Å². The Hall–Kier alpha value is -1.36. The number of para-hydroxylation sites is 1. The number of aryl methyl sites for hydroxylation is 1. The Kier molecular flexibility index (Phi) is 6.40. The van der Waals surface area contributed by atoms with E-state index in [4.69, 9.17) is 0 Å². The average molecular weight is 355 g/mol. The van der Waals surface area contributed by atoms with Crippen molar-refractivity contribution in [3.8, 4) is 0 Å². The number of benzene rings is 1. The third-order valence-electron chi connectivity index (χ3n) is 3.06. The van der Waals surface area contributed by atoms with Crippen molar-refractivity contribution in [3.05, 3.63) is 29.8 Å². The molecule has 0 radical (unpaired) electrons. The van der Waals surface area contributed by atoms with Gasteiger partial charge in [-0.25, -0.2) is 0 Å². The number of hydrogen-bond acceptors (Lipinski definition) is 2. The fourth-order valence-electron chi connectivity index (χ4n) is 1.71. The van der Waals surface area contributed by atoms with Crippen molar-refractivity contribution < 1.29 is 9.59 Å². The zero-order valence-electron chi connectivity index (χ0n) is 13.0. The minimum absolute atomic E-state index is 0.0915.